The molecule has 0 radical (unpaired) electrons. The number of halogens is 1. The molecule has 2 rings (SSSR count). The SMILES string of the molecule is CCc1ccc(O)c(NS(=O)(=O)c2cccc(F)c2)c1. The normalized spacial score (nSPS) is 11.3. The zero-order chi connectivity index (χ0) is 14.8. The lowest BCUT2D eigenvalue weighted by molar-refractivity contribution is 0.477. The van der Waals surface area contributed by atoms with E-state index >= 15 is 0 Å². The summed E-state index contributed by atoms with van der Waals surface area (Å²) in [6, 6.07) is 9.35. The lowest BCUT2D eigenvalue weighted by atomic mass is 10.1. The number of sulfonamides is 1. The lowest BCUT2D eigenvalue weighted by Crippen LogP contribution is -2.13. The minimum Gasteiger partial charge on any atom is -0.506 e. The second-order valence-corrected chi connectivity index (χ2v) is 5.95. The minimum atomic E-state index is -3.93. The van der Waals surface area contributed by atoms with E-state index in [9.17, 15) is 17.9 Å². The Kier molecular flexibility index (Phi) is 3.94. The van der Waals surface area contributed by atoms with Crippen LogP contribution in [0.4, 0.5) is 10.1 Å². The summed E-state index contributed by atoms with van der Waals surface area (Å²) >= 11 is 0. The summed E-state index contributed by atoms with van der Waals surface area (Å²) in [5, 5.41) is 9.69. The Hall–Kier alpha value is -2.08. The van der Waals surface area contributed by atoms with Crippen LogP contribution in [0.25, 0.3) is 0 Å². The van der Waals surface area contributed by atoms with E-state index in [1.165, 1.54) is 18.2 Å². The van der Waals surface area contributed by atoms with Gasteiger partial charge in [-0.1, -0.05) is 19.1 Å². The van der Waals surface area contributed by atoms with Crippen LogP contribution in [-0.4, -0.2) is 13.5 Å². The maximum atomic E-state index is 13.1. The van der Waals surface area contributed by atoms with Crippen molar-refractivity contribution in [1.29, 1.82) is 0 Å². The summed E-state index contributed by atoms with van der Waals surface area (Å²) in [4.78, 5) is -0.196. The first-order valence-electron chi connectivity index (χ1n) is 6.02. The van der Waals surface area contributed by atoms with Gasteiger partial charge in [0.2, 0.25) is 0 Å². The molecule has 20 heavy (non-hydrogen) atoms. The van der Waals surface area contributed by atoms with Crippen molar-refractivity contribution in [2.75, 3.05) is 4.72 Å². The predicted molar refractivity (Wildman–Crippen MR) is 74.7 cm³/mol. The molecule has 0 aliphatic carbocycles. The molecule has 0 aromatic heterocycles. The van der Waals surface area contributed by atoms with Gasteiger partial charge in [-0.05, 0) is 42.3 Å². The summed E-state index contributed by atoms with van der Waals surface area (Å²) in [7, 11) is -3.93. The fraction of sp³-hybridized carbons (Fsp3) is 0.143. The van der Waals surface area contributed by atoms with Crippen LogP contribution >= 0.6 is 0 Å². The maximum Gasteiger partial charge on any atom is 0.262 e. The lowest BCUT2D eigenvalue weighted by Gasteiger charge is -2.11. The van der Waals surface area contributed by atoms with Crippen molar-refractivity contribution in [3.63, 3.8) is 0 Å². The summed E-state index contributed by atoms with van der Waals surface area (Å²) in [6.45, 7) is 1.91. The van der Waals surface area contributed by atoms with Crippen LogP contribution in [0.5, 0.6) is 5.75 Å². The molecule has 0 atom stereocenters. The largest absolute Gasteiger partial charge is 0.506 e. The molecule has 0 fully saturated rings. The second kappa shape index (κ2) is 5.50. The molecule has 2 aromatic carbocycles. The van der Waals surface area contributed by atoms with Crippen LogP contribution in [0, 0.1) is 5.82 Å². The average Bonchev–Trinajstić information content (AvgIpc) is 2.41. The van der Waals surface area contributed by atoms with Crippen molar-refractivity contribution in [2.45, 2.75) is 18.2 Å². The van der Waals surface area contributed by atoms with Crippen LogP contribution in [0.3, 0.4) is 0 Å². The highest BCUT2D eigenvalue weighted by atomic mass is 32.2. The molecule has 0 saturated heterocycles. The van der Waals surface area contributed by atoms with Gasteiger partial charge in [0.05, 0.1) is 10.6 Å². The molecule has 0 spiro atoms. The number of phenolic OH excluding ortho intramolecular Hbond substituents is 1. The standard InChI is InChI=1S/C14H14FNO3S/c1-2-10-6-7-14(17)13(8-10)16-20(18,19)12-5-3-4-11(15)9-12/h3-9,16-17H,2H2,1H3. The van der Waals surface area contributed by atoms with E-state index in [-0.39, 0.29) is 16.3 Å². The van der Waals surface area contributed by atoms with Gasteiger partial charge in [-0.3, -0.25) is 4.72 Å². The van der Waals surface area contributed by atoms with Crippen LogP contribution in [0.1, 0.15) is 12.5 Å². The zero-order valence-electron chi connectivity index (χ0n) is 10.8. The first-order chi connectivity index (χ1) is 9.42. The first-order valence-corrected chi connectivity index (χ1v) is 7.51. The Bertz CT molecular complexity index is 729. The zero-order valence-corrected chi connectivity index (χ0v) is 11.6. The van der Waals surface area contributed by atoms with Gasteiger partial charge in [-0.25, -0.2) is 12.8 Å². The van der Waals surface area contributed by atoms with Gasteiger partial charge in [-0.15, -0.1) is 0 Å². The van der Waals surface area contributed by atoms with Crippen molar-refractivity contribution in [3.8, 4) is 5.75 Å². The van der Waals surface area contributed by atoms with Crippen molar-refractivity contribution < 1.29 is 17.9 Å². The topological polar surface area (TPSA) is 66.4 Å². The third-order valence-corrected chi connectivity index (χ3v) is 4.18. The molecule has 0 saturated carbocycles. The van der Waals surface area contributed by atoms with Crippen LogP contribution in [0.15, 0.2) is 47.4 Å². The molecule has 0 amide bonds. The Labute approximate surface area is 116 Å². The smallest absolute Gasteiger partial charge is 0.262 e. The summed E-state index contributed by atoms with van der Waals surface area (Å²) < 4.78 is 39.6. The minimum absolute atomic E-state index is 0.0774. The van der Waals surface area contributed by atoms with E-state index in [1.807, 2.05) is 6.92 Å². The Morgan fingerprint density at radius 3 is 2.60 bits per heavy atom. The molecule has 2 aromatic rings. The quantitative estimate of drug-likeness (QED) is 0.852. The third-order valence-electron chi connectivity index (χ3n) is 2.82. The highest BCUT2D eigenvalue weighted by Gasteiger charge is 2.16. The monoisotopic (exact) mass is 295 g/mol. The molecule has 0 heterocycles. The Morgan fingerprint density at radius 1 is 1.20 bits per heavy atom. The number of hydrogen-bond acceptors (Lipinski definition) is 3. The van der Waals surface area contributed by atoms with Gasteiger partial charge in [0.25, 0.3) is 10.0 Å². The van der Waals surface area contributed by atoms with E-state index in [1.54, 1.807) is 12.1 Å². The second-order valence-electron chi connectivity index (χ2n) is 4.27. The molecular weight excluding hydrogens is 281 g/mol. The number of rotatable bonds is 4. The molecule has 6 heteroatoms. The van der Waals surface area contributed by atoms with Gasteiger partial charge in [-0.2, -0.15) is 0 Å². The maximum absolute atomic E-state index is 13.1. The summed E-state index contributed by atoms with van der Waals surface area (Å²) in [5.74, 6) is -0.818. The van der Waals surface area contributed by atoms with Gasteiger partial charge >= 0.3 is 0 Å². The molecule has 106 valence electrons. The number of aryl methyl sites for hydroxylation is 1. The Morgan fingerprint density at radius 2 is 1.95 bits per heavy atom. The average molecular weight is 295 g/mol. The van der Waals surface area contributed by atoms with E-state index in [4.69, 9.17) is 0 Å². The Balaban J connectivity index is 2.38. The van der Waals surface area contributed by atoms with Crippen LogP contribution < -0.4 is 4.72 Å². The number of nitrogens with one attached hydrogen (secondary N) is 1. The molecule has 0 unspecified atom stereocenters. The predicted octanol–water partition coefficient (Wildman–Crippen LogP) is 2.89. The molecular formula is C14H14FNO3S. The van der Waals surface area contributed by atoms with Gasteiger partial charge in [0.15, 0.2) is 0 Å². The number of aromatic hydroxyl groups is 1. The van der Waals surface area contributed by atoms with Crippen molar-refractivity contribution >= 4 is 15.7 Å². The molecule has 2 N–H and O–H groups in total. The highest BCUT2D eigenvalue weighted by molar-refractivity contribution is 7.92. The number of phenols is 1. The number of hydrogen-bond donors (Lipinski definition) is 2. The molecule has 4 nitrogen and oxygen atoms in total. The molecule has 0 aliphatic heterocycles. The number of benzene rings is 2. The van der Waals surface area contributed by atoms with Gasteiger partial charge < -0.3 is 5.11 Å². The van der Waals surface area contributed by atoms with E-state index in [0.717, 1.165) is 17.7 Å². The highest BCUT2D eigenvalue weighted by Crippen LogP contribution is 2.27. The van der Waals surface area contributed by atoms with Crippen molar-refractivity contribution in [3.05, 3.63) is 53.8 Å². The van der Waals surface area contributed by atoms with Crippen molar-refractivity contribution in [1.82, 2.24) is 0 Å². The summed E-state index contributed by atoms with van der Waals surface area (Å²) in [6.07, 6.45) is 0.703. The van der Waals surface area contributed by atoms with E-state index < -0.39 is 15.8 Å². The fourth-order valence-corrected chi connectivity index (χ4v) is 2.82. The van der Waals surface area contributed by atoms with Crippen LogP contribution in [-0.2, 0) is 16.4 Å². The van der Waals surface area contributed by atoms with E-state index in [2.05, 4.69) is 4.72 Å². The molecule has 0 bridgehead atoms. The van der Waals surface area contributed by atoms with Crippen LogP contribution in [0.2, 0.25) is 0 Å². The fourth-order valence-electron chi connectivity index (χ4n) is 1.72. The third kappa shape index (κ3) is 3.08. The van der Waals surface area contributed by atoms with Gasteiger partial charge in [0, 0.05) is 0 Å². The first kappa shape index (κ1) is 14.3. The molecule has 0 aliphatic rings. The van der Waals surface area contributed by atoms with Gasteiger partial charge in [0.1, 0.15) is 11.6 Å². The number of anilines is 1. The van der Waals surface area contributed by atoms with Crippen molar-refractivity contribution in [2.24, 2.45) is 0 Å². The summed E-state index contributed by atoms with van der Waals surface area (Å²) in [5.41, 5.74) is 0.952. The van der Waals surface area contributed by atoms with E-state index in [0.29, 0.717) is 6.42 Å².